The van der Waals surface area contributed by atoms with Crippen molar-refractivity contribution in [2.24, 2.45) is 15.0 Å². The van der Waals surface area contributed by atoms with Gasteiger partial charge in [0.15, 0.2) is 5.75 Å². The van der Waals surface area contributed by atoms with Crippen LogP contribution in [0, 0.1) is 0 Å². The van der Waals surface area contributed by atoms with Crippen LogP contribution in [-0.2, 0) is 14.4 Å². The molecule has 0 radical (unpaired) electrons. The van der Waals surface area contributed by atoms with Crippen LogP contribution < -0.4 is 4.74 Å². The second-order valence-corrected chi connectivity index (χ2v) is 2.63. The maximum atomic E-state index is 10.2. The molecule has 0 spiro atoms. The number of methoxy groups -OCH3 is 1. The molecule has 17 heavy (non-hydrogen) atoms. The average Bonchev–Trinajstić information content (AvgIpc) is 2.30. The molecule has 0 aliphatic heterocycles. The van der Waals surface area contributed by atoms with Crippen molar-refractivity contribution in [3.05, 3.63) is 12.1 Å². The lowest BCUT2D eigenvalue weighted by Gasteiger charge is -2.06. The van der Waals surface area contributed by atoms with Crippen LogP contribution in [-0.4, -0.2) is 25.3 Å². The number of ether oxygens (including phenoxy) is 1. The summed E-state index contributed by atoms with van der Waals surface area (Å²) in [6, 6.07) is 2.58. The first kappa shape index (κ1) is 12.2. The molecule has 0 saturated carbocycles. The highest BCUT2D eigenvalue weighted by molar-refractivity contribution is 5.76. The summed E-state index contributed by atoms with van der Waals surface area (Å²) >= 11 is 0. The van der Waals surface area contributed by atoms with Gasteiger partial charge in [0.25, 0.3) is 0 Å². The molecule has 0 heterocycles. The predicted octanol–water partition coefficient (Wildman–Crippen LogP) is 1.60. The topological polar surface area (TPSA) is 97.5 Å². The Morgan fingerprint density at radius 3 is 1.76 bits per heavy atom. The molecule has 0 fully saturated rings. The quantitative estimate of drug-likeness (QED) is 0.580. The molecule has 0 aliphatic rings. The van der Waals surface area contributed by atoms with Gasteiger partial charge in [0.2, 0.25) is 18.2 Å². The van der Waals surface area contributed by atoms with Gasteiger partial charge in [0.1, 0.15) is 11.4 Å². The van der Waals surface area contributed by atoms with Crippen molar-refractivity contribution in [2.45, 2.75) is 0 Å². The molecule has 7 heteroatoms. The first-order valence-electron chi connectivity index (χ1n) is 4.22. The van der Waals surface area contributed by atoms with Crippen LogP contribution in [0.15, 0.2) is 27.1 Å². The molecule has 1 aromatic rings. The Balaban J connectivity index is 3.60. The van der Waals surface area contributed by atoms with Crippen molar-refractivity contribution in [1.82, 2.24) is 0 Å². The maximum Gasteiger partial charge on any atom is 0.240 e. The Morgan fingerprint density at radius 2 is 1.41 bits per heavy atom. The number of benzene rings is 1. The summed E-state index contributed by atoms with van der Waals surface area (Å²) in [6.07, 6.45) is 3.94. The van der Waals surface area contributed by atoms with E-state index in [0.29, 0.717) is 0 Å². The van der Waals surface area contributed by atoms with Gasteiger partial charge < -0.3 is 4.74 Å². The molecule has 0 bridgehead atoms. The molecular formula is C10H5N3O4. The smallest absolute Gasteiger partial charge is 0.240 e. The predicted molar refractivity (Wildman–Crippen MR) is 56.3 cm³/mol. The van der Waals surface area contributed by atoms with Crippen molar-refractivity contribution in [2.75, 3.05) is 7.11 Å². The van der Waals surface area contributed by atoms with Gasteiger partial charge in [0, 0.05) is 0 Å². The number of hydrogen-bond donors (Lipinski definition) is 0. The van der Waals surface area contributed by atoms with Crippen molar-refractivity contribution >= 4 is 35.3 Å². The summed E-state index contributed by atoms with van der Waals surface area (Å²) in [5, 5.41) is 0. The fourth-order valence-corrected chi connectivity index (χ4v) is 1.17. The summed E-state index contributed by atoms with van der Waals surface area (Å²) in [6.45, 7) is 0. The third kappa shape index (κ3) is 2.81. The minimum atomic E-state index is 0.0491. The highest BCUT2D eigenvalue weighted by Gasteiger charge is 2.11. The Bertz CT molecular complexity index is 538. The number of carbonyl (C=O) groups excluding carboxylic acids is 3. The van der Waals surface area contributed by atoms with E-state index in [1.54, 1.807) is 0 Å². The maximum absolute atomic E-state index is 10.2. The van der Waals surface area contributed by atoms with E-state index in [-0.39, 0.29) is 22.8 Å². The molecule has 0 saturated heterocycles. The minimum Gasteiger partial charge on any atom is -0.492 e. The summed E-state index contributed by atoms with van der Waals surface area (Å²) in [4.78, 5) is 40.6. The number of nitrogens with zero attached hydrogens (tertiary/aromatic N) is 3. The van der Waals surface area contributed by atoms with E-state index in [1.807, 2.05) is 0 Å². The van der Waals surface area contributed by atoms with Crippen LogP contribution in [0.5, 0.6) is 5.75 Å². The van der Waals surface area contributed by atoms with Gasteiger partial charge in [-0.2, -0.15) is 15.0 Å². The van der Waals surface area contributed by atoms with Gasteiger partial charge in [0.05, 0.1) is 12.8 Å². The first-order valence-corrected chi connectivity index (χ1v) is 4.22. The first-order chi connectivity index (χ1) is 8.26. The Labute approximate surface area is 95.2 Å². The SMILES string of the molecule is COc1c(N=C=O)cc(N=C=O)cc1N=C=O. The Hall–Kier alpha value is -2.84. The Morgan fingerprint density at radius 1 is 0.941 bits per heavy atom. The second kappa shape index (κ2) is 5.90. The number of rotatable bonds is 4. The largest absolute Gasteiger partial charge is 0.492 e. The van der Waals surface area contributed by atoms with Crippen LogP contribution in [0.4, 0.5) is 17.1 Å². The highest BCUT2D eigenvalue weighted by atomic mass is 16.5. The normalized spacial score (nSPS) is 8.29. The minimum absolute atomic E-state index is 0.0491. The zero-order valence-electron chi connectivity index (χ0n) is 8.63. The van der Waals surface area contributed by atoms with E-state index in [2.05, 4.69) is 15.0 Å². The highest BCUT2D eigenvalue weighted by Crippen LogP contribution is 2.40. The molecule has 0 unspecified atom stereocenters. The molecule has 7 nitrogen and oxygen atoms in total. The van der Waals surface area contributed by atoms with Crippen molar-refractivity contribution in [3.8, 4) is 5.75 Å². The van der Waals surface area contributed by atoms with Gasteiger partial charge in [-0.05, 0) is 12.1 Å². The molecular weight excluding hydrogens is 226 g/mol. The lowest BCUT2D eigenvalue weighted by atomic mass is 10.2. The van der Waals surface area contributed by atoms with Crippen LogP contribution in [0.25, 0.3) is 0 Å². The van der Waals surface area contributed by atoms with E-state index in [9.17, 15) is 14.4 Å². The van der Waals surface area contributed by atoms with E-state index in [1.165, 1.54) is 37.5 Å². The van der Waals surface area contributed by atoms with E-state index in [0.717, 1.165) is 0 Å². The standard InChI is InChI=1S/C10H5N3O4/c1-17-10-8(12-5-15)2-7(11-4-14)3-9(10)13-6-16/h2-3H,1H3. The number of isocyanates is 3. The van der Waals surface area contributed by atoms with Crippen LogP contribution in [0.2, 0.25) is 0 Å². The molecule has 0 aliphatic carbocycles. The lowest BCUT2D eigenvalue weighted by Crippen LogP contribution is -1.84. The molecule has 0 aromatic heterocycles. The van der Waals surface area contributed by atoms with Crippen LogP contribution in [0.1, 0.15) is 0 Å². The van der Waals surface area contributed by atoms with Crippen molar-refractivity contribution in [1.29, 1.82) is 0 Å². The van der Waals surface area contributed by atoms with E-state index < -0.39 is 0 Å². The fraction of sp³-hybridized carbons (Fsp3) is 0.100. The van der Waals surface area contributed by atoms with Gasteiger partial charge >= 0.3 is 0 Å². The summed E-state index contributed by atoms with van der Waals surface area (Å²) in [5.74, 6) is 0.0848. The average molecular weight is 231 g/mol. The summed E-state index contributed by atoms with van der Waals surface area (Å²) in [5.41, 5.74) is 0.227. The van der Waals surface area contributed by atoms with Gasteiger partial charge in [-0.25, -0.2) is 14.4 Å². The second-order valence-electron chi connectivity index (χ2n) is 2.63. The third-order valence-corrected chi connectivity index (χ3v) is 1.75. The monoisotopic (exact) mass is 231 g/mol. The summed E-state index contributed by atoms with van der Waals surface area (Å²) in [7, 11) is 1.31. The zero-order valence-corrected chi connectivity index (χ0v) is 8.63. The van der Waals surface area contributed by atoms with Crippen molar-refractivity contribution < 1.29 is 19.1 Å². The zero-order chi connectivity index (χ0) is 12.7. The van der Waals surface area contributed by atoms with Crippen LogP contribution in [0.3, 0.4) is 0 Å². The fourth-order valence-electron chi connectivity index (χ4n) is 1.17. The third-order valence-electron chi connectivity index (χ3n) is 1.75. The summed E-state index contributed by atoms with van der Waals surface area (Å²) < 4.78 is 4.93. The van der Waals surface area contributed by atoms with Gasteiger partial charge in [-0.15, -0.1) is 0 Å². The molecule has 1 rings (SSSR count). The molecule has 84 valence electrons. The number of hydrogen-bond acceptors (Lipinski definition) is 7. The molecule has 0 amide bonds. The van der Waals surface area contributed by atoms with Crippen molar-refractivity contribution in [3.63, 3.8) is 0 Å². The van der Waals surface area contributed by atoms with E-state index in [4.69, 9.17) is 4.74 Å². The van der Waals surface area contributed by atoms with E-state index >= 15 is 0 Å². The van der Waals surface area contributed by atoms with Gasteiger partial charge in [-0.1, -0.05) is 0 Å². The molecule has 0 N–H and O–H groups in total. The van der Waals surface area contributed by atoms with Crippen LogP contribution >= 0.6 is 0 Å². The molecule has 0 atom stereocenters. The molecule has 1 aromatic carbocycles. The Kier molecular flexibility index (Phi) is 4.25. The van der Waals surface area contributed by atoms with Gasteiger partial charge in [-0.3, -0.25) is 0 Å². The number of aliphatic imine (C=N–C) groups is 3. The lowest BCUT2D eigenvalue weighted by molar-refractivity contribution is 0.417.